The third-order valence-corrected chi connectivity index (χ3v) is 7.98. The summed E-state index contributed by atoms with van der Waals surface area (Å²) >= 11 is 0. The fourth-order valence-corrected chi connectivity index (χ4v) is 5.82. The molecule has 0 radical (unpaired) electrons. The molecule has 4 amide bonds. The molecule has 4 N–H and O–H groups in total. The molecule has 1 saturated carbocycles. The molecule has 216 valence electrons. The predicted octanol–water partition coefficient (Wildman–Crippen LogP) is 2.69. The van der Waals surface area contributed by atoms with Gasteiger partial charge in [-0.25, -0.2) is 4.79 Å². The Bertz CT molecular complexity index is 1340. The van der Waals surface area contributed by atoms with Crippen molar-refractivity contribution in [3.8, 4) is 0 Å². The number of nitrogens with one attached hydrogen (secondary N) is 2. The number of nitrogens with two attached hydrogens (primary N) is 1. The number of benzene rings is 1. The normalized spacial score (nSPS) is 23.1. The zero-order valence-corrected chi connectivity index (χ0v) is 24.4. The molecule has 2 aliphatic rings. The molecule has 2 fully saturated rings. The summed E-state index contributed by atoms with van der Waals surface area (Å²) in [6.07, 6.45) is 0.854. The molecule has 2 heterocycles. The van der Waals surface area contributed by atoms with Crippen molar-refractivity contribution >= 4 is 34.6 Å². The van der Waals surface area contributed by atoms with Crippen LogP contribution in [-0.4, -0.2) is 63.1 Å². The van der Waals surface area contributed by atoms with Gasteiger partial charge in [-0.05, 0) is 43.4 Å². The van der Waals surface area contributed by atoms with Crippen molar-refractivity contribution in [1.82, 2.24) is 25.7 Å². The van der Waals surface area contributed by atoms with Crippen LogP contribution in [0, 0.1) is 22.7 Å². The number of alkyl carbamates (subject to hydrolysis) is 1. The molecular weight excluding hydrogens is 512 g/mol. The Kier molecular flexibility index (Phi) is 7.32. The maximum atomic E-state index is 14.0. The number of aromatic nitrogens is 2. The Morgan fingerprint density at radius 3 is 2.33 bits per heavy atom. The summed E-state index contributed by atoms with van der Waals surface area (Å²) in [5, 5.41) is 15.0. The number of carbonyl (C=O) groups is 4. The number of primary amides is 1. The first-order valence-electron chi connectivity index (χ1n) is 13.5. The molecule has 1 aromatic carbocycles. The zero-order chi connectivity index (χ0) is 29.8. The summed E-state index contributed by atoms with van der Waals surface area (Å²) in [6.45, 7) is 15.2. The van der Waals surface area contributed by atoms with Crippen molar-refractivity contribution in [1.29, 1.82) is 0 Å². The smallest absolute Gasteiger partial charge is 0.408 e. The summed E-state index contributed by atoms with van der Waals surface area (Å²) in [5.41, 5.74) is 4.39. The molecule has 2 aromatic rings. The lowest BCUT2D eigenvalue weighted by molar-refractivity contribution is -0.144. The van der Waals surface area contributed by atoms with E-state index in [-0.39, 0.29) is 28.9 Å². The highest BCUT2D eigenvalue weighted by Gasteiger charge is 2.70. The molecule has 1 aliphatic carbocycles. The van der Waals surface area contributed by atoms with Crippen LogP contribution in [0.5, 0.6) is 0 Å². The monoisotopic (exact) mass is 552 g/mol. The van der Waals surface area contributed by atoms with Gasteiger partial charge in [-0.15, -0.1) is 0 Å². The van der Waals surface area contributed by atoms with E-state index in [9.17, 15) is 19.2 Å². The highest BCUT2D eigenvalue weighted by atomic mass is 16.6. The van der Waals surface area contributed by atoms with Crippen LogP contribution in [0.1, 0.15) is 67.1 Å². The Hall–Kier alpha value is -3.76. The van der Waals surface area contributed by atoms with Gasteiger partial charge in [0.15, 0.2) is 6.04 Å². The van der Waals surface area contributed by atoms with Gasteiger partial charge in [0.05, 0.1) is 6.20 Å². The minimum absolute atomic E-state index is 0.0960. The van der Waals surface area contributed by atoms with E-state index in [1.54, 1.807) is 39.1 Å². The first kappa shape index (κ1) is 29.2. The second-order valence-electron chi connectivity index (χ2n) is 13.5. The lowest BCUT2D eigenvalue weighted by atomic mass is 9.85. The van der Waals surface area contributed by atoms with E-state index in [1.807, 2.05) is 32.9 Å². The minimum atomic E-state index is -1.25. The van der Waals surface area contributed by atoms with Crippen LogP contribution >= 0.6 is 0 Å². The lowest BCUT2D eigenvalue weighted by Gasteiger charge is -2.38. The van der Waals surface area contributed by atoms with Crippen LogP contribution < -0.4 is 16.4 Å². The number of rotatable bonds is 6. The van der Waals surface area contributed by atoms with E-state index >= 15 is 0 Å². The highest BCUT2D eigenvalue weighted by molar-refractivity contribution is 5.97. The van der Waals surface area contributed by atoms with Crippen LogP contribution in [0.25, 0.3) is 10.8 Å². The highest BCUT2D eigenvalue weighted by Crippen LogP contribution is 2.65. The zero-order valence-electron chi connectivity index (χ0n) is 24.4. The Morgan fingerprint density at radius 2 is 1.73 bits per heavy atom. The molecule has 1 aliphatic heterocycles. The van der Waals surface area contributed by atoms with Gasteiger partial charge in [-0.1, -0.05) is 58.9 Å². The van der Waals surface area contributed by atoms with Crippen molar-refractivity contribution < 1.29 is 23.9 Å². The average molecular weight is 553 g/mol. The van der Waals surface area contributed by atoms with Gasteiger partial charge in [0.1, 0.15) is 23.4 Å². The maximum absolute atomic E-state index is 14.0. The minimum Gasteiger partial charge on any atom is -0.444 e. The largest absolute Gasteiger partial charge is 0.444 e. The van der Waals surface area contributed by atoms with Crippen LogP contribution in [0.4, 0.5) is 4.79 Å². The molecular formula is C29H40N6O5. The van der Waals surface area contributed by atoms with Crippen LogP contribution in [0.2, 0.25) is 0 Å². The molecule has 1 saturated heterocycles. The van der Waals surface area contributed by atoms with E-state index < -0.39 is 47.0 Å². The molecule has 5 atom stereocenters. The summed E-state index contributed by atoms with van der Waals surface area (Å²) in [7, 11) is 0. The van der Waals surface area contributed by atoms with Crippen molar-refractivity contribution in [2.45, 2.75) is 79.1 Å². The maximum Gasteiger partial charge on any atom is 0.408 e. The SMILES string of the molecule is CC(C)(C)OC(=O)N[C@H](C(=O)N1C[C@H]2[C@@H]([C@H]1C(=O)NC(C(N)=O)c1nncc3ccccc13)C2(C)C)C(C)(C)C. The number of amides is 4. The van der Waals surface area contributed by atoms with Crippen LogP contribution in [0.15, 0.2) is 30.5 Å². The van der Waals surface area contributed by atoms with Crippen LogP contribution in [0.3, 0.4) is 0 Å². The topological polar surface area (TPSA) is 157 Å². The molecule has 11 heteroatoms. The lowest BCUT2D eigenvalue weighted by Crippen LogP contribution is -2.60. The number of nitrogens with zero attached hydrogens (tertiary/aromatic N) is 3. The van der Waals surface area contributed by atoms with Crippen molar-refractivity contribution in [3.05, 3.63) is 36.2 Å². The van der Waals surface area contributed by atoms with Gasteiger partial charge in [-0.2, -0.15) is 10.2 Å². The fraction of sp³-hybridized carbons (Fsp3) is 0.586. The van der Waals surface area contributed by atoms with Crippen molar-refractivity contribution in [2.75, 3.05) is 6.54 Å². The predicted molar refractivity (Wildman–Crippen MR) is 148 cm³/mol. The summed E-state index contributed by atoms with van der Waals surface area (Å²) in [6, 6.07) is 4.18. The van der Waals surface area contributed by atoms with Gasteiger partial charge in [0, 0.05) is 17.3 Å². The number of likely N-dealkylation sites (tertiary alicyclic amines) is 1. The molecule has 11 nitrogen and oxygen atoms in total. The van der Waals surface area contributed by atoms with Crippen molar-refractivity contribution in [3.63, 3.8) is 0 Å². The summed E-state index contributed by atoms with van der Waals surface area (Å²) < 4.78 is 5.41. The number of hydrogen-bond donors (Lipinski definition) is 3. The van der Waals surface area contributed by atoms with Gasteiger partial charge >= 0.3 is 6.09 Å². The third kappa shape index (κ3) is 5.59. The standard InChI is InChI=1S/C29H40N6O5/c1-27(2,3)22(33-26(39)40-28(4,5)6)25(38)35-14-17-18(29(17,7)8)21(35)24(37)32-20(23(30)36)19-16-12-10-9-11-15(16)13-31-34-19/h9-13,17-18,20-22H,14H2,1-8H3,(H2,30,36)(H,32,37)(H,33,39)/t17-,18-,20?,21-,22+/m0/s1. The van der Waals surface area contributed by atoms with Gasteiger partial charge in [-0.3, -0.25) is 14.4 Å². The number of fused-ring (bicyclic) bond motifs is 2. The Morgan fingerprint density at radius 1 is 1.07 bits per heavy atom. The number of hydrogen-bond acceptors (Lipinski definition) is 7. The van der Waals surface area contributed by atoms with Crippen molar-refractivity contribution in [2.24, 2.45) is 28.4 Å². The second kappa shape index (κ2) is 10.0. The number of piperidine rings is 1. The quantitative estimate of drug-likeness (QED) is 0.497. The van der Waals surface area contributed by atoms with Gasteiger partial charge < -0.3 is 26.0 Å². The van der Waals surface area contributed by atoms with E-state index in [0.717, 1.165) is 5.39 Å². The second-order valence-corrected chi connectivity index (χ2v) is 13.5. The molecule has 0 spiro atoms. The Labute approximate surface area is 234 Å². The van der Waals surface area contributed by atoms with E-state index in [2.05, 4.69) is 34.7 Å². The van der Waals surface area contributed by atoms with Gasteiger partial charge in [0.2, 0.25) is 17.7 Å². The molecule has 1 aromatic heterocycles. The number of carbonyl (C=O) groups excluding carboxylic acids is 4. The van der Waals surface area contributed by atoms with E-state index in [0.29, 0.717) is 11.9 Å². The van der Waals surface area contributed by atoms with E-state index in [1.165, 1.54) is 4.90 Å². The third-order valence-electron chi connectivity index (χ3n) is 7.98. The van der Waals surface area contributed by atoms with Crippen LogP contribution in [-0.2, 0) is 19.1 Å². The molecule has 1 unspecified atom stereocenters. The first-order valence-corrected chi connectivity index (χ1v) is 13.5. The Balaban J connectivity index is 1.63. The first-order chi connectivity index (χ1) is 18.4. The molecule has 40 heavy (non-hydrogen) atoms. The molecule has 0 bridgehead atoms. The van der Waals surface area contributed by atoms with E-state index in [4.69, 9.17) is 10.5 Å². The summed E-state index contributed by atoms with van der Waals surface area (Å²) in [4.78, 5) is 54.7. The molecule has 4 rings (SSSR count). The average Bonchev–Trinajstić information content (AvgIpc) is 3.16. The summed E-state index contributed by atoms with van der Waals surface area (Å²) in [5.74, 6) is -1.71. The number of ether oxygens (including phenoxy) is 1. The van der Waals surface area contributed by atoms with Gasteiger partial charge in [0.25, 0.3) is 0 Å². The fourth-order valence-electron chi connectivity index (χ4n) is 5.82.